The zero-order chi connectivity index (χ0) is 27.9. The van der Waals surface area contributed by atoms with Crippen LogP contribution in [0.3, 0.4) is 0 Å². The van der Waals surface area contributed by atoms with Crippen molar-refractivity contribution in [1.82, 2.24) is 0 Å². The van der Waals surface area contributed by atoms with Crippen LogP contribution >= 0.6 is 0 Å². The molecule has 5 aliphatic rings. The van der Waals surface area contributed by atoms with Crippen molar-refractivity contribution in [2.75, 3.05) is 13.7 Å². The second kappa shape index (κ2) is 8.82. The summed E-state index contributed by atoms with van der Waals surface area (Å²) in [6, 6.07) is 0. The first-order valence-corrected chi connectivity index (χ1v) is 15.2. The third kappa shape index (κ3) is 3.65. The minimum atomic E-state index is -0.450. The zero-order valence-corrected chi connectivity index (χ0v) is 25.2. The Morgan fingerprint density at radius 2 is 1.63 bits per heavy atom. The first kappa shape index (κ1) is 28.2. The lowest BCUT2D eigenvalue weighted by atomic mass is 9.33. The highest BCUT2D eigenvalue weighted by Crippen LogP contribution is 2.75. The van der Waals surface area contributed by atoms with Crippen molar-refractivity contribution in [2.45, 2.75) is 119 Å². The first-order chi connectivity index (χ1) is 17.6. The smallest absolute Gasteiger partial charge is 0.312 e. The second-order valence-electron chi connectivity index (χ2n) is 15.7. The topological polar surface area (TPSA) is 72.8 Å². The molecule has 4 fully saturated rings. The minimum absolute atomic E-state index is 0.00593. The number of carbonyl (C=O) groups is 2. The molecule has 5 heteroatoms. The molecule has 1 N–H and O–H groups in total. The molecule has 0 aromatic heterocycles. The number of allylic oxidation sites excluding steroid dienone is 2. The van der Waals surface area contributed by atoms with Crippen molar-refractivity contribution in [3.8, 4) is 0 Å². The van der Waals surface area contributed by atoms with Gasteiger partial charge in [0.15, 0.2) is 0 Å². The fourth-order valence-corrected chi connectivity index (χ4v) is 11.1. The van der Waals surface area contributed by atoms with Gasteiger partial charge < -0.3 is 14.6 Å². The molecule has 0 saturated heterocycles. The van der Waals surface area contributed by atoms with Gasteiger partial charge in [0.25, 0.3) is 0 Å². The van der Waals surface area contributed by atoms with Gasteiger partial charge in [-0.05, 0) is 104 Å². The van der Waals surface area contributed by atoms with Crippen LogP contribution in [0.1, 0.15) is 113 Å². The van der Waals surface area contributed by atoms with E-state index < -0.39 is 11.5 Å². The van der Waals surface area contributed by atoms with Crippen LogP contribution in [0.25, 0.3) is 0 Å². The van der Waals surface area contributed by atoms with Gasteiger partial charge in [-0.3, -0.25) is 9.59 Å². The second-order valence-corrected chi connectivity index (χ2v) is 15.7. The van der Waals surface area contributed by atoms with Gasteiger partial charge in [0.2, 0.25) is 0 Å². The normalized spacial score (nSPS) is 49.3. The van der Waals surface area contributed by atoms with Crippen LogP contribution in [0, 0.1) is 50.2 Å². The van der Waals surface area contributed by atoms with E-state index in [-0.39, 0.29) is 44.9 Å². The molecule has 38 heavy (non-hydrogen) atoms. The highest BCUT2D eigenvalue weighted by Gasteiger charge is 2.69. The molecule has 0 radical (unpaired) electrons. The maximum Gasteiger partial charge on any atom is 0.312 e. The van der Waals surface area contributed by atoms with E-state index in [2.05, 4.69) is 47.6 Å². The van der Waals surface area contributed by atoms with E-state index in [1.54, 1.807) is 12.7 Å². The number of ether oxygens (including phenoxy) is 2. The third-order valence-corrected chi connectivity index (χ3v) is 13.6. The number of aliphatic hydroxyl groups excluding tert-OH is 1. The fraction of sp³-hybridized carbons (Fsp3) is 0.879. The summed E-state index contributed by atoms with van der Waals surface area (Å²) >= 11 is 0. The summed E-state index contributed by atoms with van der Waals surface area (Å²) in [6.45, 7) is 16.2. The highest BCUT2D eigenvalue weighted by atomic mass is 16.5. The van der Waals surface area contributed by atoms with Crippen molar-refractivity contribution >= 4 is 11.9 Å². The number of methoxy groups -OCH3 is 1. The van der Waals surface area contributed by atoms with Gasteiger partial charge >= 0.3 is 11.9 Å². The van der Waals surface area contributed by atoms with E-state index in [0.717, 1.165) is 64.2 Å². The SMILES string of the molecule is COC(=O)[C@]12CCC(C)(C)C[C@H]1C1=CC[C@@H]3[C@@]4(C)CC[C@@H](O)[C@@](C)(COC(C)=O)[C@@H]4CC[C@@]3(C)[C@]1(C)CC2. The third-order valence-electron chi connectivity index (χ3n) is 13.6. The van der Waals surface area contributed by atoms with Crippen LogP contribution in [0.15, 0.2) is 11.6 Å². The largest absolute Gasteiger partial charge is 0.469 e. The Hall–Kier alpha value is -1.36. The molecule has 9 atom stereocenters. The number of esters is 2. The van der Waals surface area contributed by atoms with E-state index in [1.807, 2.05) is 0 Å². The van der Waals surface area contributed by atoms with Crippen LogP contribution in [0.2, 0.25) is 0 Å². The number of fused-ring (bicyclic) bond motifs is 7. The molecule has 0 bridgehead atoms. The Morgan fingerprint density at radius 1 is 0.947 bits per heavy atom. The van der Waals surface area contributed by atoms with E-state index in [9.17, 15) is 14.7 Å². The molecule has 5 nitrogen and oxygen atoms in total. The lowest BCUT2D eigenvalue weighted by Gasteiger charge is -2.71. The Bertz CT molecular complexity index is 1030. The summed E-state index contributed by atoms with van der Waals surface area (Å²) in [5.41, 5.74) is 1.19. The number of hydrogen-bond donors (Lipinski definition) is 1. The number of carbonyl (C=O) groups excluding carboxylic acids is 2. The van der Waals surface area contributed by atoms with Crippen molar-refractivity contribution in [3.05, 3.63) is 11.6 Å². The fourth-order valence-electron chi connectivity index (χ4n) is 11.1. The van der Waals surface area contributed by atoms with Crippen molar-refractivity contribution < 1.29 is 24.2 Å². The van der Waals surface area contributed by atoms with E-state index in [1.165, 1.54) is 6.92 Å². The van der Waals surface area contributed by atoms with Gasteiger partial charge in [0.1, 0.15) is 0 Å². The average molecular weight is 529 g/mol. The molecule has 0 spiro atoms. The predicted octanol–water partition coefficient (Wildman–Crippen LogP) is 6.87. The predicted molar refractivity (Wildman–Crippen MR) is 148 cm³/mol. The van der Waals surface area contributed by atoms with Crippen LogP contribution in [0.4, 0.5) is 0 Å². The molecule has 0 unspecified atom stereocenters. The molecule has 4 saturated carbocycles. The summed E-state index contributed by atoms with van der Waals surface area (Å²) in [5, 5.41) is 11.2. The standard InChI is InChI=1S/C33H52O5/c1-21(34)38-20-30(5)24-11-14-32(7)25(29(24,4)13-12-26(30)35)10-9-22-23-19-28(2,3)15-17-33(23,27(36)37-8)18-16-31(22,32)6/h9,23-26,35H,10-20H2,1-8H3/t23-,24+,25+,26+,29-,30-,31+,32+,33-/m0/s1. The highest BCUT2D eigenvalue weighted by molar-refractivity contribution is 5.78. The summed E-state index contributed by atoms with van der Waals surface area (Å²) < 4.78 is 11.1. The van der Waals surface area contributed by atoms with Gasteiger partial charge in [0, 0.05) is 12.3 Å². The van der Waals surface area contributed by atoms with Gasteiger partial charge in [0.05, 0.1) is 25.2 Å². The van der Waals surface area contributed by atoms with Gasteiger partial charge in [-0.25, -0.2) is 0 Å². The Balaban J connectivity index is 1.56. The maximum atomic E-state index is 13.4. The lowest BCUT2D eigenvalue weighted by molar-refractivity contribution is -0.220. The molecule has 5 rings (SSSR count). The average Bonchev–Trinajstić information content (AvgIpc) is 2.85. The Kier molecular flexibility index (Phi) is 6.54. The summed E-state index contributed by atoms with van der Waals surface area (Å²) in [4.78, 5) is 25.2. The van der Waals surface area contributed by atoms with Crippen molar-refractivity contribution in [3.63, 3.8) is 0 Å². The van der Waals surface area contributed by atoms with Crippen molar-refractivity contribution in [2.24, 2.45) is 50.2 Å². The number of aliphatic hydroxyl groups is 1. The zero-order valence-electron chi connectivity index (χ0n) is 25.2. The summed E-state index contributed by atoms with van der Waals surface area (Å²) in [6.07, 6.45) is 12.1. The quantitative estimate of drug-likeness (QED) is 0.320. The molecular formula is C33H52O5. The molecule has 5 aliphatic carbocycles. The Labute approximate surface area is 230 Å². The number of rotatable bonds is 3. The summed E-state index contributed by atoms with van der Waals surface area (Å²) in [7, 11) is 1.57. The van der Waals surface area contributed by atoms with Gasteiger partial charge in [-0.2, -0.15) is 0 Å². The molecular weight excluding hydrogens is 476 g/mol. The lowest BCUT2D eigenvalue weighted by Crippen LogP contribution is -2.66. The molecule has 0 heterocycles. The minimum Gasteiger partial charge on any atom is -0.469 e. The van der Waals surface area contributed by atoms with Crippen LogP contribution in [-0.2, 0) is 19.1 Å². The van der Waals surface area contributed by atoms with Crippen LogP contribution in [0.5, 0.6) is 0 Å². The van der Waals surface area contributed by atoms with Crippen LogP contribution in [-0.4, -0.2) is 36.9 Å². The first-order valence-electron chi connectivity index (χ1n) is 15.2. The molecule has 0 aliphatic heterocycles. The maximum absolute atomic E-state index is 13.4. The van der Waals surface area contributed by atoms with Gasteiger partial charge in [-0.15, -0.1) is 0 Å². The molecule has 0 aromatic rings. The van der Waals surface area contributed by atoms with E-state index in [4.69, 9.17) is 9.47 Å². The number of hydrogen-bond acceptors (Lipinski definition) is 5. The van der Waals surface area contributed by atoms with Gasteiger partial charge in [-0.1, -0.05) is 53.2 Å². The van der Waals surface area contributed by atoms with Crippen LogP contribution < -0.4 is 0 Å². The summed E-state index contributed by atoms with van der Waals surface area (Å²) in [5.74, 6) is 0.792. The Morgan fingerprint density at radius 3 is 2.29 bits per heavy atom. The van der Waals surface area contributed by atoms with E-state index in [0.29, 0.717) is 18.4 Å². The van der Waals surface area contributed by atoms with E-state index >= 15 is 0 Å². The molecule has 0 amide bonds. The van der Waals surface area contributed by atoms with Crippen molar-refractivity contribution in [1.29, 1.82) is 0 Å². The molecule has 214 valence electrons. The monoisotopic (exact) mass is 528 g/mol. The molecule has 0 aromatic carbocycles.